The lowest BCUT2D eigenvalue weighted by Gasteiger charge is -2.34. The molecule has 0 bridgehead atoms. The second-order valence-corrected chi connectivity index (χ2v) is 6.70. The molecule has 2 saturated heterocycles. The van der Waals surface area contributed by atoms with Crippen LogP contribution in [0.25, 0.3) is 11.1 Å². The average molecular weight is 353 g/mol. The minimum atomic E-state index is 0.0124. The Morgan fingerprint density at radius 3 is 2.62 bits per heavy atom. The summed E-state index contributed by atoms with van der Waals surface area (Å²) in [5.74, 6) is 0.843. The van der Waals surface area contributed by atoms with E-state index in [2.05, 4.69) is 14.9 Å². The molecule has 7 heteroatoms. The molecular formula is C19H23N5O2. The zero-order valence-electron chi connectivity index (χ0n) is 15.0. The van der Waals surface area contributed by atoms with Crippen LogP contribution in [0.1, 0.15) is 31.6 Å². The van der Waals surface area contributed by atoms with Crippen molar-refractivity contribution in [3.8, 4) is 11.1 Å². The van der Waals surface area contributed by atoms with Gasteiger partial charge in [0.2, 0.25) is 11.9 Å². The number of hydrogen-bond donors (Lipinski definition) is 0. The molecule has 0 aliphatic carbocycles. The minimum Gasteiger partial charge on any atom is -0.372 e. The smallest absolute Gasteiger partial charge is 0.225 e. The number of aromatic nitrogens is 3. The van der Waals surface area contributed by atoms with E-state index in [1.807, 2.05) is 23.2 Å². The summed E-state index contributed by atoms with van der Waals surface area (Å²) in [5.41, 5.74) is 3.01. The van der Waals surface area contributed by atoms with Crippen molar-refractivity contribution in [1.29, 1.82) is 0 Å². The fraction of sp³-hybridized carbons (Fsp3) is 0.474. The fourth-order valence-corrected chi connectivity index (χ4v) is 3.55. The molecule has 26 heavy (non-hydrogen) atoms. The van der Waals surface area contributed by atoms with Crippen LogP contribution in [0.4, 0.5) is 5.95 Å². The normalized spacial score (nSPS) is 20.4. The third-order valence-corrected chi connectivity index (χ3v) is 5.04. The van der Waals surface area contributed by atoms with E-state index in [9.17, 15) is 4.79 Å². The van der Waals surface area contributed by atoms with Gasteiger partial charge in [0.05, 0.1) is 5.69 Å². The highest BCUT2D eigenvalue weighted by molar-refractivity contribution is 5.73. The molecule has 2 aromatic rings. The van der Waals surface area contributed by atoms with Crippen LogP contribution in [-0.4, -0.2) is 58.5 Å². The summed E-state index contributed by atoms with van der Waals surface area (Å²) in [7, 11) is 0. The van der Waals surface area contributed by atoms with Gasteiger partial charge in [-0.3, -0.25) is 9.78 Å². The molecule has 2 aliphatic rings. The fourth-order valence-electron chi connectivity index (χ4n) is 3.55. The molecular weight excluding hydrogens is 330 g/mol. The van der Waals surface area contributed by atoms with E-state index >= 15 is 0 Å². The standard InChI is InChI=1S/C19H23N5O2/c1-14(25)23-8-10-24(11-9-23)19-21-13-16(15-4-6-20-7-5-15)18(22-19)17-3-2-12-26-17/h4-7,13,17H,2-3,8-12H2,1H3/t17-/m0/s1. The number of pyridine rings is 1. The number of carbonyl (C=O) groups is 1. The van der Waals surface area contributed by atoms with Crippen LogP contribution in [0, 0.1) is 0 Å². The van der Waals surface area contributed by atoms with E-state index in [1.165, 1.54) is 0 Å². The summed E-state index contributed by atoms with van der Waals surface area (Å²) in [4.78, 5) is 29.1. The van der Waals surface area contributed by atoms with Crippen LogP contribution in [0.3, 0.4) is 0 Å². The van der Waals surface area contributed by atoms with Gasteiger partial charge < -0.3 is 14.5 Å². The highest BCUT2D eigenvalue weighted by atomic mass is 16.5. The van der Waals surface area contributed by atoms with E-state index in [0.29, 0.717) is 13.1 Å². The van der Waals surface area contributed by atoms with Crippen molar-refractivity contribution in [2.24, 2.45) is 0 Å². The lowest BCUT2D eigenvalue weighted by Crippen LogP contribution is -2.48. The molecule has 0 radical (unpaired) electrons. The van der Waals surface area contributed by atoms with Gasteiger partial charge in [-0.1, -0.05) is 0 Å². The lowest BCUT2D eigenvalue weighted by molar-refractivity contribution is -0.129. The molecule has 2 fully saturated rings. The number of rotatable bonds is 3. The highest BCUT2D eigenvalue weighted by Gasteiger charge is 2.26. The monoisotopic (exact) mass is 353 g/mol. The predicted octanol–water partition coefficient (Wildman–Crippen LogP) is 2.06. The molecule has 2 aromatic heterocycles. The largest absolute Gasteiger partial charge is 0.372 e. The van der Waals surface area contributed by atoms with Crippen molar-refractivity contribution < 1.29 is 9.53 Å². The molecule has 0 saturated carbocycles. The number of ether oxygens (including phenoxy) is 1. The Kier molecular flexibility index (Phi) is 4.79. The maximum atomic E-state index is 11.5. The molecule has 4 heterocycles. The number of anilines is 1. The van der Waals surface area contributed by atoms with Gasteiger partial charge >= 0.3 is 0 Å². The van der Waals surface area contributed by atoms with Gasteiger partial charge in [0, 0.05) is 63.9 Å². The maximum absolute atomic E-state index is 11.5. The number of nitrogens with zero attached hydrogens (tertiary/aromatic N) is 5. The quantitative estimate of drug-likeness (QED) is 0.841. The van der Waals surface area contributed by atoms with Crippen LogP contribution in [-0.2, 0) is 9.53 Å². The number of hydrogen-bond acceptors (Lipinski definition) is 6. The third-order valence-electron chi connectivity index (χ3n) is 5.04. The molecule has 0 aromatic carbocycles. The number of amides is 1. The van der Waals surface area contributed by atoms with Crippen molar-refractivity contribution in [3.63, 3.8) is 0 Å². The molecule has 7 nitrogen and oxygen atoms in total. The number of carbonyl (C=O) groups excluding carboxylic acids is 1. The van der Waals surface area contributed by atoms with Crippen molar-refractivity contribution >= 4 is 11.9 Å². The summed E-state index contributed by atoms with van der Waals surface area (Å²) in [6, 6.07) is 3.95. The zero-order chi connectivity index (χ0) is 17.9. The van der Waals surface area contributed by atoms with Crippen LogP contribution in [0.5, 0.6) is 0 Å². The van der Waals surface area contributed by atoms with Crippen molar-refractivity contribution in [2.45, 2.75) is 25.9 Å². The van der Waals surface area contributed by atoms with E-state index in [-0.39, 0.29) is 12.0 Å². The van der Waals surface area contributed by atoms with Gasteiger partial charge in [-0.25, -0.2) is 9.97 Å². The van der Waals surface area contributed by atoms with Crippen LogP contribution in [0.15, 0.2) is 30.7 Å². The Balaban J connectivity index is 1.63. The molecule has 1 atom stereocenters. The van der Waals surface area contributed by atoms with Gasteiger partial charge in [0.25, 0.3) is 0 Å². The van der Waals surface area contributed by atoms with E-state index in [0.717, 1.165) is 55.3 Å². The maximum Gasteiger partial charge on any atom is 0.225 e. The van der Waals surface area contributed by atoms with Crippen molar-refractivity contribution in [1.82, 2.24) is 19.9 Å². The highest BCUT2D eigenvalue weighted by Crippen LogP contribution is 2.34. The van der Waals surface area contributed by atoms with Crippen LogP contribution < -0.4 is 4.90 Å². The van der Waals surface area contributed by atoms with Crippen LogP contribution >= 0.6 is 0 Å². The van der Waals surface area contributed by atoms with Gasteiger partial charge in [0.15, 0.2) is 0 Å². The molecule has 4 rings (SSSR count). The van der Waals surface area contributed by atoms with Crippen molar-refractivity contribution in [2.75, 3.05) is 37.7 Å². The van der Waals surface area contributed by atoms with Gasteiger partial charge in [0.1, 0.15) is 6.10 Å². The third kappa shape index (κ3) is 3.39. The van der Waals surface area contributed by atoms with Gasteiger partial charge in [-0.05, 0) is 30.5 Å². The first-order chi connectivity index (χ1) is 12.7. The molecule has 0 unspecified atom stereocenters. The Labute approximate surface area is 153 Å². The van der Waals surface area contributed by atoms with Gasteiger partial charge in [-0.15, -0.1) is 0 Å². The molecule has 0 N–H and O–H groups in total. The van der Waals surface area contributed by atoms with Crippen molar-refractivity contribution in [3.05, 3.63) is 36.4 Å². The van der Waals surface area contributed by atoms with E-state index < -0.39 is 0 Å². The lowest BCUT2D eigenvalue weighted by atomic mass is 10.0. The zero-order valence-corrected chi connectivity index (χ0v) is 15.0. The Morgan fingerprint density at radius 1 is 1.19 bits per heavy atom. The summed E-state index contributed by atoms with van der Waals surface area (Å²) in [6.07, 6.45) is 7.50. The Morgan fingerprint density at radius 2 is 1.96 bits per heavy atom. The Hall–Kier alpha value is -2.54. The molecule has 2 aliphatic heterocycles. The Bertz CT molecular complexity index is 769. The molecule has 136 valence electrons. The predicted molar refractivity (Wildman–Crippen MR) is 97.7 cm³/mol. The summed E-state index contributed by atoms with van der Waals surface area (Å²) in [6.45, 7) is 5.31. The molecule has 1 amide bonds. The average Bonchev–Trinajstić information content (AvgIpc) is 3.23. The first-order valence-corrected chi connectivity index (χ1v) is 9.12. The summed E-state index contributed by atoms with van der Waals surface area (Å²) < 4.78 is 5.91. The summed E-state index contributed by atoms with van der Waals surface area (Å²) in [5, 5.41) is 0. The summed E-state index contributed by atoms with van der Waals surface area (Å²) >= 11 is 0. The molecule has 0 spiro atoms. The minimum absolute atomic E-state index is 0.0124. The topological polar surface area (TPSA) is 71.5 Å². The second-order valence-electron chi connectivity index (χ2n) is 6.70. The van der Waals surface area contributed by atoms with Crippen LogP contribution in [0.2, 0.25) is 0 Å². The first-order valence-electron chi connectivity index (χ1n) is 9.12. The first kappa shape index (κ1) is 16.9. The SMILES string of the molecule is CC(=O)N1CCN(c2ncc(-c3ccncc3)c([C@@H]3CCCO3)n2)CC1. The second kappa shape index (κ2) is 7.37. The van der Waals surface area contributed by atoms with Gasteiger partial charge in [-0.2, -0.15) is 0 Å². The number of piperazine rings is 1. The van der Waals surface area contributed by atoms with E-state index in [4.69, 9.17) is 9.72 Å². The van der Waals surface area contributed by atoms with E-state index in [1.54, 1.807) is 19.3 Å².